The van der Waals surface area contributed by atoms with Gasteiger partial charge in [-0.25, -0.2) is 4.83 Å². The second kappa shape index (κ2) is 5.72. The predicted molar refractivity (Wildman–Crippen MR) is 86.5 cm³/mol. The van der Waals surface area contributed by atoms with Gasteiger partial charge in [-0.3, -0.25) is 0 Å². The molecule has 3 rings (SSSR count). The molecular weight excluding hydrogens is 352 g/mol. The Balaban J connectivity index is 1.71. The van der Waals surface area contributed by atoms with E-state index < -0.39 is 10.0 Å². The first-order chi connectivity index (χ1) is 9.95. The van der Waals surface area contributed by atoms with Gasteiger partial charge in [0.1, 0.15) is 0 Å². The number of halogens is 1. The van der Waals surface area contributed by atoms with Crippen molar-refractivity contribution in [3.63, 3.8) is 0 Å². The highest BCUT2D eigenvalue weighted by atomic mass is 79.9. The van der Waals surface area contributed by atoms with Crippen LogP contribution in [0.3, 0.4) is 0 Å². The van der Waals surface area contributed by atoms with E-state index in [0.717, 1.165) is 16.1 Å². The van der Waals surface area contributed by atoms with Gasteiger partial charge in [0.2, 0.25) is 0 Å². The number of rotatable bonds is 4. The first-order valence-corrected chi connectivity index (χ1v) is 9.55. The Morgan fingerprint density at radius 1 is 1.24 bits per heavy atom. The van der Waals surface area contributed by atoms with Crippen molar-refractivity contribution in [1.82, 2.24) is 4.83 Å². The average Bonchev–Trinajstić information content (AvgIpc) is 3.08. The lowest BCUT2D eigenvalue weighted by Crippen LogP contribution is -2.24. The van der Waals surface area contributed by atoms with Crippen molar-refractivity contribution in [2.45, 2.75) is 37.5 Å². The lowest BCUT2D eigenvalue weighted by Gasteiger charge is -2.21. The zero-order valence-corrected chi connectivity index (χ0v) is 14.3. The summed E-state index contributed by atoms with van der Waals surface area (Å²) in [6.45, 7) is 1.94. The number of nitrogens with zero attached hydrogens (tertiary/aromatic N) is 1. The average molecular weight is 371 g/mol. The Morgan fingerprint density at radius 3 is 2.52 bits per heavy atom. The molecule has 2 aliphatic rings. The molecule has 0 aromatic heterocycles. The molecule has 114 valence electrons. The molecule has 0 saturated heterocycles. The van der Waals surface area contributed by atoms with Crippen LogP contribution in [0.4, 0.5) is 0 Å². The van der Waals surface area contributed by atoms with Crippen molar-refractivity contribution < 1.29 is 8.42 Å². The maximum atomic E-state index is 12.2. The van der Waals surface area contributed by atoms with Gasteiger partial charge in [0.05, 0.1) is 4.90 Å². The van der Waals surface area contributed by atoms with E-state index in [9.17, 15) is 8.42 Å². The van der Waals surface area contributed by atoms with Crippen LogP contribution in [0.5, 0.6) is 0 Å². The topological polar surface area (TPSA) is 58.5 Å². The highest BCUT2D eigenvalue weighted by molar-refractivity contribution is 9.10. The third kappa shape index (κ3) is 3.16. The number of sulfonamides is 1. The maximum Gasteiger partial charge on any atom is 0.276 e. The van der Waals surface area contributed by atoms with Crippen molar-refractivity contribution >= 4 is 31.7 Å². The minimum Gasteiger partial charge on any atom is -0.200 e. The Labute approximate surface area is 134 Å². The van der Waals surface area contributed by atoms with E-state index in [2.05, 4.69) is 25.9 Å². The van der Waals surface area contributed by atoms with Crippen molar-refractivity contribution in [2.75, 3.05) is 0 Å². The SMILES string of the molecule is C/C(=N/NS(=O)(=O)c1ccc(Br)cc1)[C@@H]1C[C@H]2CC[C@@H]1C2. The molecule has 1 N–H and O–H groups in total. The lowest BCUT2D eigenvalue weighted by molar-refractivity contribution is 0.413. The van der Waals surface area contributed by atoms with E-state index in [0.29, 0.717) is 11.8 Å². The van der Waals surface area contributed by atoms with Crippen LogP contribution >= 0.6 is 15.9 Å². The Hall–Kier alpha value is -0.880. The molecule has 0 amide bonds. The molecule has 0 unspecified atom stereocenters. The quantitative estimate of drug-likeness (QED) is 0.650. The minimum absolute atomic E-state index is 0.232. The smallest absolute Gasteiger partial charge is 0.200 e. The fourth-order valence-electron chi connectivity index (χ4n) is 3.64. The number of fused-ring (bicyclic) bond motifs is 2. The zero-order valence-electron chi connectivity index (χ0n) is 11.9. The Kier molecular flexibility index (Phi) is 4.10. The summed E-state index contributed by atoms with van der Waals surface area (Å²) >= 11 is 3.29. The van der Waals surface area contributed by atoms with Crippen LogP contribution in [0, 0.1) is 17.8 Å². The number of hydrazone groups is 1. The summed E-state index contributed by atoms with van der Waals surface area (Å²) in [4.78, 5) is 2.61. The van der Waals surface area contributed by atoms with Crippen LogP contribution < -0.4 is 4.83 Å². The van der Waals surface area contributed by atoms with Crippen LogP contribution in [0.15, 0.2) is 38.7 Å². The molecule has 2 fully saturated rings. The van der Waals surface area contributed by atoms with Crippen molar-refractivity contribution in [1.29, 1.82) is 0 Å². The predicted octanol–water partition coefficient (Wildman–Crippen LogP) is 3.54. The monoisotopic (exact) mass is 370 g/mol. The molecule has 6 heteroatoms. The van der Waals surface area contributed by atoms with Crippen LogP contribution in [-0.2, 0) is 10.0 Å². The van der Waals surface area contributed by atoms with Gasteiger partial charge in [-0.15, -0.1) is 0 Å². The highest BCUT2D eigenvalue weighted by Crippen LogP contribution is 2.48. The third-order valence-electron chi connectivity index (χ3n) is 4.74. The molecule has 3 atom stereocenters. The Bertz CT molecular complexity index is 655. The van der Waals surface area contributed by atoms with Gasteiger partial charge in [-0.1, -0.05) is 22.4 Å². The second-order valence-corrected chi connectivity index (χ2v) is 8.66. The summed E-state index contributed by atoms with van der Waals surface area (Å²) in [5.41, 5.74) is 0.919. The van der Waals surface area contributed by atoms with Gasteiger partial charge >= 0.3 is 0 Å². The van der Waals surface area contributed by atoms with Crippen LogP contribution in [0.25, 0.3) is 0 Å². The second-order valence-electron chi connectivity index (χ2n) is 6.08. The Morgan fingerprint density at radius 2 is 1.95 bits per heavy atom. The molecule has 0 radical (unpaired) electrons. The highest BCUT2D eigenvalue weighted by Gasteiger charge is 2.40. The largest absolute Gasteiger partial charge is 0.276 e. The van der Waals surface area contributed by atoms with E-state index in [1.807, 2.05) is 6.92 Å². The standard InChI is InChI=1S/C15H19BrN2O2S/c1-10(15-9-11-2-3-12(15)8-11)17-18-21(19,20)14-6-4-13(16)5-7-14/h4-7,11-12,15,18H,2-3,8-9H2,1H3/b17-10-/t11-,12+,15-/m0/s1. The molecule has 0 heterocycles. The first-order valence-electron chi connectivity index (χ1n) is 7.27. The van der Waals surface area contributed by atoms with Gasteiger partial charge < -0.3 is 0 Å². The van der Waals surface area contributed by atoms with Crippen molar-refractivity contribution in [3.8, 4) is 0 Å². The van der Waals surface area contributed by atoms with Gasteiger partial charge in [-0.05, 0) is 62.3 Å². The fourth-order valence-corrected chi connectivity index (χ4v) is 4.77. The zero-order chi connectivity index (χ0) is 15.0. The van der Waals surface area contributed by atoms with E-state index in [1.54, 1.807) is 24.3 Å². The van der Waals surface area contributed by atoms with Gasteiger partial charge in [0, 0.05) is 16.1 Å². The molecule has 1 aromatic carbocycles. The number of benzene rings is 1. The molecule has 0 spiro atoms. The molecule has 2 saturated carbocycles. The summed E-state index contributed by atoms with van der Waals surface area (Å²) in [6, 6.07) is 6.55. The first kappa shape index (κ1) is 15.0. The van der Waals surface area contributed by atoms with E-state index in [-0.39, 0.29) is 4.90 Å². The van der Waals surface area contributed by atoms with Crippen LogP contribution in [0.1, 0.15) is 32.6 Å². The molecule has 21 heavy (non-hydrogen) atoms. The molecule has 4 nitrogen and oxygen atoms in total. The molecule has 0 aliphatic heterocycles. The molecule has 2 aliphatic carbocycles. The summed E-state index contributed by atoms with van der Waals surface area (Å²) in [5.74, 6) is 1.99. The molecule has 1 aromatic rings. The van der Waals surface area contributed by atoms with Gasteiger partial charge in [0.25, 0.3) is 10.0 Å². The molecule has 2 bridgehead atoms. The summed E-state index contributed by atoms with van der Waals surface area (Å²) < 4.78 is 25.2. The number of hydrogen-bond acceptors (Lipinski definition) is 3. The summed E-state index contributed by atoms with van der Waals surface area (Å²) in [6.07, 6.45) is 5.05. The van der Waals surface area contributed by atoms with Crippen molar-refractivity contribution in [3.05, 3.63) is 28.7 Å². The van der Waals surface area contributed by atoms with E-state index in [1.165, 1.54) is 25.7 Å². The number of nitrogens with one attached hydrogen (secondary N) is 1. The summed E-state index contributed by atoms with van der Waals surface area (Å²) in [5, 5.41) is 4.16. The maximum absolute atomic E-state index is 12.2. The van der Waals surface area contributed by atoms with Gasteiger partial charge in [-0.2, -0.15) is 13.5 Å². The van der Waals surface area contributed by atoms with E-state index in [4.69, 9.17) is 0 Å². The van der Waals surface area contributed by atoms with E-state index >= 15 is 0 Å². The fraction of sp³-hybridized carbons (Fsp3) is 0.533. The summed E-state index contributed by atoms with van der Waals surface area (Å²) in [7, 11) is -3.57. The van der Waals surface area contributed by atoms with Crippen LogP contribution in [0.2, 0.25) is 0 Å². The third-order valence-corrected chi connectivity index (χ3v) is 6.49. The number of hydrogen-bond donors (Lipinski definition) is 1. The molecular formula is C15H19BrN2O2S. The minimum atomic E-state index is -3.57. The van der Waals surface area contributed by atoms with Gasteiger partial charge in [0.15, 0.2) is 0 Å². The van der Waals surface area contributed by atoms with Crippen molar-refractivity contribution in [2.24, 2.45) is 22.9 Å². The lowest BCUT2D eigenvalue weighted by atomic mass is 9.86. The van der Waals surface area contributed by atoms with Crippen LogP contribution in [-0.4, -0.2) is 14.1 Å². The normalized spacial score (nSPS) is 28.9.